The van der Waals surface area contributed by atoms with Gasteiger partial charge in [0, 0.05) is 16.6 Å². The van der Waals surface area contributed by atoms with E-state index in [-0.39, 0.29) is 0 Å². The lowest BCUT2D eigenvalue weighted by molar-refractivity contribution is 0.302. The van der Waals surface area contributed by atoms with Gasteiger partial charge in [-0.15, -0.1) is 16.4 Å². The zero-order valence-electron chi connectivity index (χ0n) is 19.5. The summed E-state index contributed by atoms with van der Waals surface area (Å²) in [5, 5.41) is 5.79. The number of nitrogens with zero attached hydrogens (tertiary/aromatic N) is 5. The number of pyridine rings is 1. The second kappa shape index (κ2) is 7.88. The number of aromatic nitrogens is 5. The lowest BCUT2D eigenvalue weighted by atomic mass is 10.1. The molecule has 0 saturated carbocycles. The van der Waals surface area contributed by atoms with E-state index in [1.54, 1.807) is 22.2 Å². The Morgan fingerprint density at radius 2 is 1.68 bits per heavy atom. The molecule has 0 aliphatic carbocycles. The first kappa shape index (κ1) is 20.7. The normalized spacial score (nSPS) is 11.6. The predicted octanol–water partition coefficient (Wildman–Crippen LogP) is 6.37. The molecule has 0 aliphatic rings. The van der Waals surface area contributed by atoms with E-state index in [9.17, 15) is 0 Å². The maximum absolute atomic E-state index is 6.09. The van der Waals surface area contributed by atoms with E-state index in [0.29, 0.717) is 12.4 Å². The molecule has 2 aromatic carbocycles. The van der Waals surface area contributed by atoms with Crippen molar-refractivity contribution < 1.29 is 4.74 Å². The Bertz CT molecular complexity index is 1680. The van der Waals surface area contributed by atoms with Crippen LogP contribution in [-0.2, 0) is 6.61 Å². The predicted molar refractivity (Wildman–Crippen MR) is 137 cm³/mol. The van der Waals surface area contributed by atoms with Gasteiger partial charge in [0.2, 0.25) is 0 Å². The molecule has 4 aromatic heterocycles. The minimum atomic E-state index is 0.517. The van der Waals surface area contributed by atoms with E-state index in [1.807, 2.05) is 19.1 Å². The van der Waals surface area contributed by atoms with E-state index >= 15 is 0 Å². The van der Waals surface area contributed by atoms with Gasteiger partial charge in [-0.05, 0) is 56.0 Å². The van der Waals surface area contributed by atoms with Gasteiger partial charge in [0.1, 0.15) is 28.2 Å². The summed E-state index contributed by atoms with van der Waals surface area (Å²) >= 11 is 1.62. The molecule has 0 atom stereocenters. The summed E-state index contributed by atoms with van der Waals surface area (Å²) < 4.78 is 8.86. The standard InChI is InChI=1S/C27H23N5OS/c1-15-6-5-7-16(2)23(15)33-13-19-8-10-20(11-9-19)25-30-26-24-22(28-14-32(26)31-25)21-17(3)12-18(4)29-27(21)34-24/h5-12,14H,13H2,1-4H3. The minimum absolute atomic E-state index is 0.517. The van der Waals surface area contributed by atoms with E-state index in [2.05, 4.69) is 62.3 Å². The molecule has 0 bridgehead atoms. The lowest BCUT2D eigenvalue weighted by Crippen LogP contribution is -1.98. The van der Waals surface area contributed by atoms with Crippen molar-refractivity contribution in [2.75, 3.05) is 0 Å². The molecule has 0 spiro atoms. The molecule has 0 amide bonds. The number of ether oxygens (including phenoxy) is 1. The molecule has 34 heavy (non-hydrogen) atoms. The molecule has 0 aliphatic heterocycles. The van der Waals surface area contributed by atoms with E-state index in [4.69, 9.17) is 19.7 Å². The fraction of sp³-hybridized carbons (Fsp3) is 0.185. The zero-order valence-corrected chi connectivity index (χ0v) is 20.3. The Balaban J connectivity index is 1.33. The number of fused-ring (bicyclic) bond motifs is 5. The third-order valence-electron chi connectivity index (χ3n) is 6.10. The summed E-state index contributed by atoms with van der Waals surface area (Å²) in [5.41, 5.74) is 8.29. The van der Waals surface area contributed by atoms with Crippen LogP contribution < -0.4 is 4.74 Å². The summed E-state index contributed by atoms with van der Waals surface area (Å²) in [5.74, 6) is 1.63. The van der Waals surface area contributed by atoms with Gasteiger partial charge in [-0.25, -0.2) is 19.5 Å². The molecular formula is C27H23N5OS. The average Bonchev–Trinajstić information content (AvgIpc) is 3.40. The van der Waals surface area contributed by atoms with Gasteiger partial charge >= 0.3 is 0 Å². The number of benzene rings is 2. The van der Waals surface area contributed by atoms with E-state index in [1.165, 1.54) is 5.56 Å². The van der Waals surface area contributed by atoms with Crippen LogP contribution in [0.5, 0.6) is 5.75 Å². The van der Waals surface area contributed by atoms with Crippen molar-refractivity contribution in [1.29, 1.82) is 0 Å². The largest absolute Gasteiger partial charge is 0.488 e. The Labute approximate surface area is 200 Å². The fourth-order valence-electron chi connectivity index (χ4n) is 4.42. The van der Waals surface area contributed by atoms with Crippen molar-refractivity contribution >= 4 is 37.4 Å². The van der Waals surface area contributed by atoms with Gasteiger partial charge in [0.05, 0.1) is 5.52 Å². The molecule has 6 nitrogen and oxygen atoms in total. The molecule has 0 saturated heterocycles. The highest BCUT2D eigenvalue weighted by Gasteiger charge is 2.17. The van der Waals surface area contributed by atoms with Crippen LogP contribution in [0.2, 0.25) is 0 Å². The number of hydrogen-bond donors (Lipinski definition) is 0. The van der Waals surface area contributed by atoms with Crippen molar-refractivity contribution in [3.05, 3.63) is 82.8 Å². The van der Waals surface area contributed by atoms with Crippen LogP contribution in [0.3, 0.4) is 0 Å². The highest BCUT2D eigenvalue weighted by atomic mass is 32.1. The quantitative estimate of drug-likeness (QED) is 0.303. The van der Waals surface area contributed by atoms with Gasteiger partial charge in [0.15, 0.2) is 11.5 Å². The molecule has 4 heterocycles. The molecule has 6 aromatic rings. The molecule has 0 N–H and O–H groups in total. The molecule has 0 unspecified atom stereocenters. The zero-order chi connectivity index (χ0) is 23.4. The van der Waals surface area contributed by atoms with Crippen molar-refractivity contribution in [3.8, 4) is 17.1 Å². The van der Waals surface area contributed by atoms with Crippen LogP contribution in [0.1, 0.15) is 27.9 Å². The molecule has 168 valence electrons. The van der Waals surface area contributed by atoms with Crippen LogP contribution in [0.4, 0.5) is 0 Å². The van der Waals surface area contributed by atoms with Crippen LogP contribution >= 0.6 is 11.3 Å². The topological polar surface area (TPSA) is 65.2 Å². The summed E-state index contributed by atoms with van der Waals surface area (Å²) in [6.07, 6.45) is 1.74. The first-order chi connectivity index (χ1) is 16.5. The van der Waals surface area contributed by atoms with Crippen molar-refractivity contribution in [2.45, 2.75) is 34.3 Å². The fourth-order valence-corrected chi connectivity index (χ4v) is 5.65. The Morgan fingerprint density at radius 1 is 0.912 bits per heavy atom. The number of aryl methyl sites for hydroxylation is 4. The van der Waals surface area contributed by atoms with Crippen molar-refractivity contribution in [2.24, 2.45) is 0 Å². The number of para-hydroxylation sites is 1. The lowest BCUT2D eigenvalue weighted by Gasteiger charge is -2.12. The molecular weight excluding hydrogens is 442 g/mol. The molecule has 7 heteroatoms. The van der Waals surface area contributed by atoms with Gasteiger partial charge < -0.3 is 4.74 Å². The maximum Gasteiger partial charge on any atom is 0.182 e. The second-order valence-corrected chi connectivity index (χ2v) is 9.69. The van der Waals surface area contributed by atoms with Gasteiger partial charge in [-0.3, -0.25) is 0 Å². The highest BCUT2D eigenvalue weighted by Crippen LogP contribution is 2.36. The number of thiophene rings is 1. The molecule has 6 rings (SSSR count). The van der Waals surface area contributed by atoms with Crippen molar-refractivity contribution in [3.63, 3.8) is 0 Å². The highest BCUT2D eigenvalue weighted by molar-refractivity contribution is 7.26. The Kier molecular flexibility index (Phi) is 4.81. The van der Waals surface area contributed by atoms with Crippen LogP contribution in [0, 0.1) is 27.7 Å². The summed E-state index contributed by atoms with van der Waals surface area (Å²) in [7, 11) is 0. The minimum Gasteiger partial charge on any atom is -0.488 e. The van der Waals surface area contributed by atoms with Crippen LogP contribution in [0.25, 0.3) is 37.5 Å². The van der Waals surface area contributed by atoms with E-state index < -0.39 is 0 Å². The first-order valence-corrected chi connectivity index (χ1v) is 12.0. The monoisotopic (exact) mass is 465 g/mol. The number of rotatable bonds is 4. The van der Waals surface area contributed by atoms with E-state index in [0.717, 1.165) is 59.8 Å². The second-order valence-electron chi connectivity index (χ2n) is 8.70. The van der Waals surface area contributed by atoms with Gasteiger partial charge in [0.25, 0.3) is 0 Å². The molecule has 0 radical (unpaired) electrons. The summed E-state index contributed by atoms with van der Waals surface area (Å²) in [6, 6.07) is 16.5. The maximum atomic E-state index is 6.09. The van der Waals surface area contributed by atoms with Crippen molar-refractivity contribution in [1.82, 2.24) is 24.6 Å². The third kappa shape index (κ3) is 3.40. The Morgan fingerprint density at radius 3 is 2.44 bits per heavy atom. The smallest absolute Gasteiger partial charge is 0.182 e. The number of hydrogen-bond acceptors (Lipinski definition) is 6. The first-order valence-electron chi connectivity index (χ1n) is 11.2. The van der Waals surface area contributed by atoms with Gasteiger partial charge in [-0.1, -0.05) is 42.5 Å². The molecule has 0 fully saturated rings. The average molecular weight is 466 g/mol. The Hall–Kier alpha value is -3.84. The van der Waals surface area contributed by atoms with Crippen LogP contribution in [0.15, 0.2) is 54.9 Å². The summed E-state index contributed by atoms with van der Waals surface area (Å²) in [4.78, 5) is 15.3. The summed E-state index contributed by atoms with van der Waals surface area (Å²) in [6.45, 7) is 8.79. The van der Waals surface area contributed by atoms with Gasteiger partial charge in [-0.2, -0.15) is 0 Å². The SMILES string of the molecule is Cc1cc(C)c2c(n1)sc1c2ncn2nc(-c3ccc(COc4c(C)cccc4C)cc3)nc12. The third-order valence-corrected chi connectivity index (χ3v) is 7.17. The van der Waals surface area contributed by atoms with Crippen LogP contribution in [-0.4, -0.2) is 24.6 Å².